The number of nitrogens with zero attached hydrogens (tertiary/aromatic N) is 5. The van der Waals surface area contributed by atoms with Crippen molar-refractivity contribution >= 4 is 46.8 Å². The van der Waals surface area contributed by atoms with Crippen molar-refractivity contribution in [3.05, 3.63) is 87.9 Å². The Bertz CT molecular complexity index is 2180. The fourth-order valence-corrected chi connectivity index (χ4v) is 10.1. The molecular weight excluding hydrogens is 760 g/mol. The van der Waals surface area contributed by atoms with Crippen LogP contribution in [0.25, 0.3) is 0 Å². The van der Waals surface area contributed by atoms with E-state index in [9.17, 15) is 24.0 Å². The molecule has 14 heteroatoms. The molecule has 0 saturated carbocycles. The van der Waals surface area contributed by atoms with Crippen molar-refractivity contribution in [3.63, 3.8) is 0 Å². The number of piperidine rings is 4. The van der Waals surface area contributed by atoms with E-state index >= 15 is 0 Å². The summed E-state index contributed by atoms with van der Waals surface area (Å²) >= 11 is 6.22. The van der Waals surface area contributed by atoms with E-state index in [1.54, 1.807) is 30.3 Å². The third-order valence-corrected chi connectivity index (χ3v) is 13.3. The van der Waals surface area contributed by atoms with Crippen molar-refractivity contribution in [2.75, 3.05) is 31.1 Å². The van der Waals surface area contributed by atoms with Gasteiger partial charge in [-0.1, -0.05) is 11.6 Å². The van der Waals surface area contributed by atoms with E-state index in [1.165, 1.54) is 0 Å². The zero-order valence-corrected chi connectivity index (χ0v) is 32.9. The Balaban J connectivity index is 0.729. The number of nitriles is 1. The molecule has 0 radical (unpaired) electrons. The number of likely N-dealkylation sites (tertiary alicyclic amines) is 1. The summed E-state index contributed by atoms with van der Waals surface area (Å²) in [4.78, 5) is 72.1. The highest BCUT2D eigenvalue weighted by atomic mass is 35.5. The maximum atomic E-state index is 13.7. The molecule has 1 N–H and O–H groups in total. The third kappa shape index (κ3) is 7.28. The molecule has 3 atom stereocenters. The first-order chi connectivity index (χ1) is 28.1. The Morgan fingerprint density at radius 2 is 1.40 bits per heavy atom. The van der Waals surface area contributed by atoms with E-state index < -0.39 is 29.7 Å². The quantitative estimate of drug-likeness (QED) is 0.296. The van der Waals surface area contributed by atoms with Crippen LogP contribution in [0.1, 0.15) is 101 Å². The lowest BCUT2D eigenvalue weighted by molar-refractivity contribution is -0.136. The molecule has 6 heterocycles. The fourth-order valence-electron chi connectivity index (χ4n) is 9.93. The van der Waals surface area contributed by atoms with Gasteiger partial charge in [0, 0.05) is 80.9 Å². The molecule has 0 spiro atoms. The van der Waals surface area contributed by atoms with Crippen molar-refractivity contribution in [2.24, 2.45) is 0 Å². The Kier molecular flexibility index (Phi) is 10.3. The number of benzene rings is 3. The number of imide groups is 2. The van der Waals surface area contributed by atoms with Gasteiger partial charge < -0.3 is 19.3 Å². The van der Waals surface area contributed by atoms with Crippen LogP contribution in [0.3, 0.4) is 0 Å². The van der Waals surface area contributed by atoms with Gasteiger partial charge in [0.2, 0.25) is 11.8 Å². The number of amides is 5. The Hall–Kier alpha value is -5.45. The lowest BCUT2D eigenvalue weighted by Crippen LogP contribution is -2.54. The second-order valence-electron chi connectivity index (χ2n) is 16.3. The summed E-state index contributed by atoms with van der Waals surface area (Å²) in [6, 6.07) is 19.8. The minimum atomic E-state index is -0.975. The number of ether oxygens (including phenoxy) is 2. The van der Waals surface area contributed by atoms with E-state index in [0.29, 0.717) is 39.1 Å². The molecule has 0 aromatic heterocycles. The van der Waals surface area contributed by atoms with Gasteiger partial charge in [0.05, 0.1) is 21.7 Å². The van der Waals surface area contributed by atoms with Crippen LogP contribution in [-0.2, 0) is 9.59 Å². The molecule has 0 aliphatic carbocycles. The summed E-state index contributed by atoms with van der Waals surface area (Å²) < 4.78 is 12.7. The van der Waals surface area contributed by atoms with Gasteiger partial charge in [-0.3, -0.25) is 39.1 Å². The molecule has 300 valence electrons. The van der Waals surface area contributed by atoms with Crippen LogP contribution in [-0.4, -0.2) is 107 Å². The topological polar surface area (TPSA) is 153 Å². The molecule has 3 unspecified atom stereocenters. The first-order valence-corrected chi connectivity index (χ1v) is 20.8. The van der Waals surface area contributed by atoms with Gasteiger partial charge in [-0.05, 0) is 99.5 Å². The Morgan fingerprint density at radius 1 is 0.724 bits per heavy atom. The molecule has 6 aliphatic heterocycles. The number of rotatable bonds is 8. The molecule has 13 nitrogen and oxygen atoms in total. The molecule has 3 aromatic carbocycles. The van der Waals surface area contributed by atoms with Crippen LogP contribution in [0.2, 0.25) is 5.02 Å². The van der Waals surface area contributed by atoms with Crippen LogP contribution in [0.15, 0.2) is 60.7 Å². The van der Waals surface area contributed by atoms with Crippen molar-refractivity contribution in [1.29, 1.82) is 5.26 Å². The number of carbonyl (C=O) groups is 5. The molecule has 3 aromatic rings. The van der Waals surface area contributed by atoms with Crippen LogP contribution < -0.4 is 19.7 Å². The van der Waals surface area contributed by atoms with Gasteiger partial charge in [0.25, 0.3) is 17.7 Å². The standard InChI is InChI=1S/C44H45ClN6O7/c45-38-24-34(9-3-27(38)25-46)58-35-21-30-4-5-31(22-35)50(30)42(54)26-1-7-32(8-2-26)57-33-15-19-48(20-16-33)28-13-17-49(18-14-28)29-6-10-36-37(23-29)44(56)51(43(36)55)39-11-12-40(52)47-41(39)53/h1-3,6-10,23-24,28,30-31,33,35,39H,4-5,11-22H2,(H,47,52,53). The van der Waals surface area contributed by atoms with E-state index in [2.05, 4.69) is 26.1 Å². The van der Waals surface area contributed by atoms with Crippen LogP contribution in [0.4, 0.5) is 5.69 Å². The minimum Gasteiger partial charge on any atom is -0.490 e. The SMILES string of the molecule is N#Cc1ccc(OC2CC3CCC(C2)N3C(=O)c2ccc(OC3CCN(C4CCN(c5ccc6c(c5)C(=O)N(C5CCC(=O)NC5=O)C6=O)CC4)CC3)cc2)cc1Cl. The zero-order valence-electron chi connectivity index (χ0n) is 32.1. The lowest BCUT2D eigenvalue weighted by atomic mass is 9.98. The summed E-state index contributed by atoms with van der Waals surface area (Å²) in [6.07, 6.45) is 7.53. The van der Waals surface area contributed by atoms with Crippen LogP contribution in [0.5, 0.6) is 11.5 Å². The average molecular weight is 805 g/mol. The maximum Gasteiger partial charge on any atom is 0.262 e. The Morgan fingerprint density at radius 3 is 2.07 bits per heavy atom. The number of halogens is 1. The van der Waals surface area contributed by atoms with E-state index in [4.69, 9.17) is 26.3 Å². The zero-order chi connectivity index (χ0) is 40.1. The normalized spacial score (nSPS) is 25.4. The van der Waals surface area contributed by atoms with Crippen molar-refractivity contribution in [2.45, 2.75) is 101 Å². The highest BCUT2D eigenvalue weighted by molar-refractivity contribution is 6.31. The molecular formula is C44H45ClN6O7. The largest absolute Gasteiger partial charge is 0.490 e. The summed E-state index contributed by atoms with van der Waals surface area (Å²) in [5.74, 6) is -0.511. The molecule has 58 heavy (non-hydrogen) atoms. The number of anilines is 1. The summed E-state index contributed by atoms with van der Waals surface area (Å²) in [7, 11) is 0. The second-order valence-corrected chi connectivity index (χ2v) is 16.7. The summed E-state index contributed by atoms with van der Waals surface area (Å²) in [5.41, 5.74) is 2.57. The smallest absolute Gasteiger partial charge is 0.262 e. The van der Waals surface area contributed by atoms with Gasteiger partial charge in [0.15, 0.2) is 0 Å². The van der Waals surface area contributed by atoms with Crippen molar-refractivity contribution in [3.8, 4) is 17.6 Å². The number of fused-ring (bicyclic) bond motifs is 3. The molecule has 5 fully saturated rings. The first-order valence-electron chi connectivity index (χ1n) is 20.4. The molecule has 9 rings (SSSR count). The summed E-state index contributed by atoms with van der Waals surface area (Å²) in [5, 5.41) is 11.8. The fraction of sp³-hybridized carbons (Fsp3) is 0.455. The van der Waals surface area contributed by atoms with Crippen molar-refractivity contribution in [1.82, 2.24) is 20.0 Å². The second kappa shape index (κ2) is 15.7. The highest BCUT2D eigenvalue weighted by Crippen LogP contribution is 2.39. The predicted octanol–water partition coefficient (Wildman–Crippen LogP) is 5.34. The van der Waals surface area contributed by atoms with E-state index in [0.717, 1.165) is 93.9 Å². The number of hydrogen-bond donors (Lipinski definition) is 1. The van der Waals surface area contributed by atoms with Gasteiger partial charge in [-0.2, -0.15) is 5.26 Å². The van der Waals surface area contributed by atoms with Gasteiger partial charge in [-0.15, -0.1) is 0 Å². The number of hydrogen-bond acceptors (Lipinski definition) is 10. The lowest BCUT2D eigenvalue weighted by Gasteiger charge is -2.42. The van der Waals surface area contributed by atoms with Gasteiger partial charge in [0.1, 0.15) is 35.8 Å². The average Bonchev–Trinajstić information content (AvgIpc) is 3.65. The predicted molar refractivity (Wildman–Crippen MR) is 213 cm³/mol. The van der Waals surface area contributed by atoms with Crippen LogP contribution in [0, 0.1) is 11.3 Å². The summed E-state index contributed by atoms with van der Waals surface area (Å²) in [6.45, 7) is 3.53. The number of nitrogens with one attached hydrogen (secondary N) is 1. The molecule has 6 aliphatic rings. The monoisotopic (exact) mass is 804 g/mol. The van der Waals surface area contributed by atoms with E-state index in [-0.39, 0.29) is 43.0 Å². The van der Waals surface area contributed by atoms with Gasteiger partial charge in [-0.25, -0.2) is 0 Å². The first kappa shape index (κ1) is 38.1. The number of carbonyl (C=O) groups excluding carboxylic acids is 5. The maximum absolute atomic E-state index is 13.7. The minimum absolute atomic E-state index is 0.0129. The van der Waals surface area contributed by atoms with Gasteiger partial charge >= 0.3 is 0 Å². The van der Waals surface area contributed by atoms with Crippen LogP contribution >= 0.6 is 11.6 Å². The highest BCUT2D eigenvalue weighted by Gasteiger charge is 2.46. The molecule has 2 bridgehead atoms. The molecule has 5 amide bonds. The third-order valence-electron chi connectivity index (χ3n) is 12.9. The molecule has 5 saturated heterocycles. The van der Waals surface area contributed by atoms with Crippen molar-refractivity contribution < 1.29 is 33.4 Å². The van der Waals surface area contributed by atoms with E-state index in [1.807, 2.05) is 30.3 Å². The Labute approximate surface area is 341 Å².